The first-order valence-corrected chi connectivity index (χ1v) is 5.09. The van der Waals surface area contributed by atoms with Gasteiger partial charge in [0.05, 0.1) is 5.02 Å². The molecule has 0 aromatic carbocycles. The number of hydrogen-bond acceptors (Lipinski definition) is 2. The van der Waals surface area contributed by atoms with Gasteiger partial charge in [-0.1, -0.05) is 11.6 Å². The van der Waals surface area contributed by atoms with Crippen molar-refractivity contribution < 1.29 is 0 Å². The molecule has 2 rings (SSSR count). The van der Waals surface area contributed by atoms with Crippen LogP contribution in [0.1, 0.15) is 23.8 Å². The van der Waals surface area contributed by atoms with E-state index in [2.05, 4.69) is 11.4 Å². The van der Waals surface area contributed by atoms with E-state index in [1.54, 1.807) is 11.3 Å². The molecule has 1 nitrogen and oxygen atoms in total. The van der Waals surface area contributed by atoms with Crippen LogP contribution in [0, 0.1) is 0 Å². The minimum Gasteiger partial charge on any atom is -0.309 e. The monoisotopic (exact) mass is 187 g/mol. The van der Waals surface area contributed by atoms with Crippen molar-refractivity contribution in [3.63, 3.8) is 0 Å². The Hall–Kier alpha value is -0.0500. The maximum absolute atomic E-state index is 5.82. The predicted octanol–water partition coefficient (Wildman–Crippen LogP) is 2.83. The van der Waals surface area contributed by atoms with Crippen LogP contribution in [0.15, 0.2) is 11.4 Å². The molecule has 1 aliphatic rings. The Morgan fingerprint density at radius 2 is 2.55 bits per heavy atom. The number of rotatable bonds is 1. The topological polar surface area (TPSA) is 12.0 Å². The summed E-state index contributed by atoms with van der Waals surface area (Å²) >= 11 is 7.57. The van der Waals surface area contributed by atoms with Crippen LogP contribution < -0.4 is 5.32 Å². The van der Waals surface area contributed by atoms with Crippen LogP contribution in [0.5, 0.6) is 0 Å². The Balaban J connectivity index is 2.15. The SMILES string of the molecule is Clc1csc(C2CCCN2)c1. The second-order valence-electron chi connectivity index (χ2n) is 2.82. The van der Waals surface area contributed by atoms with Crippen molar-refractivity contribution in [1.29, 1.82) is 0 Å². The predicted molar refractivity (Wildman–Crippen MR) is 49.3 cm³/mol. The zero-order chi connectivity index (χ0) is 7.68. The quantitative estimate of drug-likeness (QED) is 0.713. The molecule has 2 heterocycles. The zero-order valence-corrected chi connectivity index (χ0v) is 7.71. The Labute approximate surface area is 75.4 Å². The third kappa shape index (κ3) is 1.58. The van der Waals surface area contributed by atoms with Crippen LogP contribution in [-0.4, -0.2) is 6.54 Å². The van der Waals surface area contributed by atoms with Crippen molar-refractivity contribution in [2.24, 2.45) is 0 Å². The smallest absolute Gasteiger partial charge is 0.0516 e. The van der Waals surface area contributed by atoms with Crippen LogP contribution in [0.25, 0.3) is 0 Å². The highest BCUT2D eigenvalue weighted by molar-refractivity contribution is 7.10. The molecule has 1 saturated heterocycles. The van der Waals surface area contributed by atoms with Gasteiger partial charge in [-0.25, -0.2) is 0 Å². The summed E-state index contributed by atoms with van der Waals surface area (Å²) in [7, 11) is 0. The van der Waals surface area contributed by atoms with Crippen LogP contribution in [-0.2, 0) is 0 Å². The molecule has 11 heavy (non-hydrogen) atoms. The minimum absolute atomic E-state index is 0.576. The average molecular weight is 188 g/mol. The van der Waals surface area contributed by atoms with Gasteiger partial charge in [0.25, 0.3) is 0 Å². The highest BCUT2D eigenvalue weighted by atomic mass is 35.5. The van der Waals surface area contributed by atoms with Crippen molar-refractivity contribution in [3.05, 3.63) is 21.3 Å². The Morgan fingerprint density at radius 1 is 1.64 bits per heavy atom. The van der Waals surface area contributed by atoms with Gasteiger partial charge in [-0.05, 0) is 25.5 Å². The number of hydrogen-bond donors (Lipinski definition) is 1. The fraction of sp³-hybridized carbons (Fsp3) is 0.500. The average Bonchev–Trinajstić information content (AvgIpc) is 2.55. The Bertz CT molecular complexity index is 240. The third-order valence-electron chi connectivity index (χ3n) is 1.99. The van der Waals surface area contributed by atoms with Gasteiger partial charge < -0.3 is 5.32 Å². The van der Waals surface area contributed by atoms with E-state index in [1.165, 1.54) is 17.7 Å². The van der Waals surface area contributed by atoms with E-state index in [0.29, 0.717) is 6.04 Å². The van der Waals surface area contributed by atoms with Crippen molar-refractivity contribution in [2.45, 2.75) is 18.9 Å². The van der Waals surface area contributed by atoms with Crippen LogP contribution in [0.2, 0.25) is 5.02 Å². The van der Waals surface area contributed by atoms with E-state index in [-0.39, 0.29) is 0 Å². The summed E-state index contributed by atoms with van der Waals surface area (Å²) in [6.45, 7) is 1.15. The molecule has 1 N–H and O–H groups in total. The van der Waals surface area contributed by atoms with Crippen molar-refractivity contribution in [2.75, 3.05) is 6.54 Å². The minimum atomic E-state index is 0.576. The summed E-state index contributed by atoms with van der Waals surface area (Å²) in [5, 5.41) is 6.31. The number of nitrogens with one attached hydrogen (secondary N) is 1. The maximum atomic E-state index is 5.82. The van der Waals surface area contributed by atoms with Crippen LogP contribution >= 0.6 is 22.9 Å². The van der Waals surface area contributed by atoms with Gasteiger partial charge in [0.1, 0.15) is 0 Å². The lowest BCUT2D eigenvalue weighted by molar-refractivity contribution is 0.660. The van der Waals surface area contributed by atoms with Crippen molar-refractivity contribution in [1.82, 2.24) is 5.32 Å². The second-order valence-corrected chi connectivity index (χ2v) is 4.20. The van der Waals surface area contributed by atoms with Gasteiger partial charge in [-0.15, -0.1) is 11.3 Å². The lowest BCUT2D eigenvalue weighted by atomic mass is 10.2. The van der Waals surface area contributed by atoms with Gasteiger partial charge >= 0.3 is 0 Å². The molecular weight excluding hydrogens is 178 g/mol. The van der Waals surface area contributed by atoms with Gasteiger partial charge in [-0.3, -0.25) is 0 Å². The molecule has 1 atom stereocenters. The van der Waals surface area contributed by atoms with E-state index < -0.39 is 0 Å². The first kappa shape index (κ1) is 7.59. The molecule has 1 fully saturated rings. The summed E-state index contributed by atoms with van der Waals surface area (Å²) in [6, 6.07) is 2.64. The fourth-order valence-corrected chi connectivity index (χ4v) is 2.63. The second kappa shape index (κ2) is 3.13. The summed E-state index contributed by atoms with van der Waals surface area (Å²) in [5.74, 6) is 0. The molecule has 1 unspecified atom stereocenters. The Morgan fingerprint density at radius 3 is 3.09 bits per heavy atom. The van der Waals surface area contributed by atoms with Gasteiger partial charge in [0.2, 0.25) is 0 Å². The largest absolute Gasteiger partial charge is 0.309 e. The maximum Gasteiger partial charge on any atom is 0.0516 e. The Kier molecular flexibility index (Phi) is 2.16. The molecule has 3 heteroatoms. The van der Waals surface area contributed by atoms with E-state index in [4.69, 9.17) is 11.6 Å². The third-order valence-corrected chi connectivity index (χ3v) is 3.39. The van der Waals surface area contributed by atoms with E-state index >= 15 is 0 Å². The first-order valence-electron chi connectivity index (χ1n) is 3.83. The molecule has 0 bridgehead atoms. The summed E-state index contributed by atoms with van der Waals surface area (Å²) < 4.78 is 0. The number of thiophene rings is 1. The van der Waals surface area contributed by atoms with Gasteiger partial charge in [0, 0.05) is 16.3 Å². The van der Waals surface area contributed by atoms with E-state index in [0.717, 1.165) is 11.6 Å². The fourth-order valence-electron chi connectivity index (χ4n) is 1.44. The standard InChI is InChI=1S/C8H10ClNS/c9-6-4-8(11-5-6)7-2-1-3-10-7/h4-5,7,10H,1-3H2. The lowest BCUT2D eigenvalue weighted by Crippen LogP contribution is -2.11. The van der Waals surface area contributed by atoms with Crippen molar-refractivity contribution in [3.8, 4) is 0 Å². The molecule has 0 spiro atoms. The summed E-state index contributed by atoms with van der Waals surface area (Å²) in [6.07, 6.45) is 2.55. The highest BCUT2D eigenvalue weighted by Crippen LogP contribution is 2.30. The van der Waals surface area contributed by atoms with E-state index in [1.807, 2.05) is 5.38 Å². The molecule has 0 aliphatic carbocycles. The molecule has 1 aliphatic heterocycles. The molecule has 0 radical (unpaired) electrons. The molecule has 60 valence electrons. The van der Waals surface area contributed by atoms with Gasteiger partial charge in [0.15, 0.2) is 0 Å². The zero-order valence-electron chi connectivity index (χ0n) is 6.14. The lowest BCUT2D eigenvalue weighted by Gasteiger charge is -2.05. The normalized spacial score (nSPS) is 24.3. The van der Waals surface area contributed by atoms with Crippen molar-refractivity contribution >= 4 is 22.9 Å². The molecule has 0 saturated carbocycles. The first-order chi connectivity index (χ1) is 5.36. The summed E-state index contributed by atoms with van der Waals surface area (Å²) in [5.41, 5.74) is 0. The van der Waals surface area contributed by atoms with Crippen LogP contribution in [0.4, 0.5) is 0 Å². The van der Waals surface area contributed by atoms with Gasteiger partial charge in [-0.2, -0.15) is 0 Å². The van der Waals surface area contributed by atoms with E-state index in [9.17, 15) is 0 Å². The summed E-state index contributed by atoms with van der Waals surface area (Å²) in [4.78, 5) is 1.38. The number of halogens is 1. The molecule has 1 aromatic heterocycles. The molecule has 0 amide bonds. The van der Waals surface area contributed by atoms with Crippen LogP contribution in [0.3, 0.4) is 0 Å². The molecular formula is C8H10ClNS. The highest BCUT2D eigenvalue weighted by Gasteiger charge is 2.17. The molecule has 1 aromatic rings.